The molecule has 10 nitrogen and oxygen atoms in total. The summed E-state index contributed by atoms with van der Waals surface area (Å²) in [5, 5.41) is 19.1. The third-order valence-electron chi connectivity index (χ3n) is 4.99. The van der Waals surface area contributed by atoms with Crippen LogP contribution in [-0.2, 0) is 0 Å². The van der Waals surface area contributed by atoms with Gasteiger partial charge in [0.05, 0.1) is 14.7 Å². The molecule has 5 rings (SSSR count). The van der Waals surface area contributed by atoms with E-state index in [0.717, 1.165) is 32.5 Å². The van der Waals surface area contributed by atoms with Crippen molar-refractivity contribution in [2.24, 2.45) is 0 Å². The number of aromatic nitrogens is 5. The molecule has 49 heavy (non-hydrogen) atoms. The Morgan fingerprint density at radius 2 is 1.16 bits per heavy atom. The highest BCUT2D eigenvalue weighted by atomic mass is 127. The van der Waals surface area contributed by atoms with E-state index < -0.39 is 11.2 Å². The molecule has 0 fully saturated rings. The van der Waals surface area contributed by atoms with Crippen molar-refractivity contribution in [1.82, 2.24) is 24.9 Å². The molecule has 0 saturated carbocycles. The van der Waals surface area contributed by atoms with Crippen LogP contribution in [0.4, 0.5) is 17.5 Å². The number of nitrogens with two attached hydrogens (primary N) is 3. The van der Waals surface area contributed by atoms with Gasteiger partial charge in [-0.1, -0.05) is 23.7 Å². The zero-order valence-corrected chi connectivity index (χ0v) is 35.2. The van der Waals surface area contributed by atoms with E-state index in [9.17, 15) is 5.11 Å². The third kappa shape index (κ3) is 18.9. The molecule has 5 aromatic rings. The fourth-order valence-corrected chi connectivity index (χ4v) is 4.92. The zero-order chi connectivity index (χ0) is 37.4. The number of hydrogen-bond acceptors (Lipinski definition) is 9. The molecular formula is C34H33Br4IN8O2. The Balaban J connectivity index is 0.000000314. The summed E-state index contributed by atoms with van der Waals surface area (Å²) in [6.45, 7) is 6.35. The number of anilines is 3. The summed E-state index contributed by atoms with van der Waals surface area (Å²) in [5.74, 6) is 11.4. The number of halogens is 5. The molecule has 5 heterocycles. The number of aromatic amines is 1. The van der Waals surface area contributed by atoms with Crippen LogP contribution in [0.25, 0.3) is 11.0 Å². The molecular weight excluding hydrogens is 999 g/mol. The standard InChI is InChI=1S/C10H11BrN2O.2C7H5BrN2.C5H4BrIN2.C5H8O/c1-10(2,14)4-3-7-5-8(11)6-13-9(7)12;8-6-3-5-1-2-9-7(5)10-4-6;1-2-5-3-6(8)4-10-7(5)9;6-3-1-4(7)5(8)9-2-3;1-4-5(2,3)6/h5-6,14H,1-2H3,(H2,12,13);1-4H,(H,9,10);1,3-4H,(H2,9,10);1-2H,(H2,8,9);1,6H,2-3H3. The van der Waals surface area contributed by atoms with Gasteiger partial charge in [0.1, 0.15) is 34.3 Å². The van der Waals surface area contributed by atoms with Crippen molar-refractivity contribution in [3.63, 3.8) is 0 Å². The van der Waals surface area contributed by atoms with Crippen LogP contribution in [0.3, 0.4) is 0 Å². The van der Waals surface area contributed by atoms with Crippen molar-refractivity contribution in [2.75, 3.05) is 17.2 Å². The lowest BCUT2D eigenvalue weighted by molar-refractivity contribution is 0.143. The van der Waals surface area contributed by atoms with Crippen molar-refractivity contribution >= 4 is 115 Å². The topological polar surface area (TPSA) is 186 Å². The highest BCUT2D eigenvalue weighted by Gasteiger charge is 2.07. The van der Waals surface area contributed by atoms with E-state index in [1.807, 2.05) is 24.4 Å². The van der Waals surface area contributed by atoms with Crippen LogP contribution in [0.5, 0.6) is 0 Å². The van der Waals surface area contributed by atoms with Gasteiger partial charge in [-0.05, 0) is 144 Å². The molecule has 0 aliphatic heterocycles. The molecule has 0 radical (unpaired) electrons. The van der Waals surface area contributed by atoms with Crippen molar-refractivity contribution in [3.05, 3.63) is 93.9 Å². The summed E-state index contributed by atoms with van der Waals surface area (Å²) in [6.07, 6.45) is 18.5. The fourth-order valence-electron chi connectivity index (χ4n) is 2.67. The monoisotopic (exact) mass is 1030 g/mol. The van der Waals surface area contributed by atoms with Gasteiger partial charge in [0.15, 0.2) is 0 Å². The van der Waals surface area contributed by atoms with Gasteiger partial charge in [-0.3, -0.25) is 0 Å². The molecule has 0 spiro atoms. The molecule has 5 aromatic heterocycles. The van der Waals surface area contributed by atoms with Crippen LogP contribution < -0.4 is 17.2 Å². The van der Waals surface area contributed by atoms with E-state index >= 15 is 0 Å². The molecule has 0 saturated heterocycles. The van der Waals surface area contributed by atoms with E-state index in [-0.39, 0.29) is 0 Å². The van der Waals surface area contributed by atoms with Crippen molar-refractivity contribution in [1.29, 1.82) is 0 Å². The number of nitrogen functional groups attached to an aromatic ring is 3. The summed E-state index contributed by atoms with van der Waals surface area (Å²) in [6, 6.07) is 9.46. The average Bonchev–Trinajstić information content (AvgIpc) is 3.49. The highest BCUT2D eigenvalue weighted by Crippen LogP contribution is 2.17. The van der Waals surface area contributed by atoms with Gasteiger partial charge >= 0.3 is 0 Å². The van der Waals surface area contributed by atoms with Gasteiger partial charge in [0.2, 0.25) is 0 Å². The summed E-state index contributed by atoms with van der Waals surface area (Å²) in [4.78, 5) is 18.8. The normalized spacial score (nSPS) is 9.98. The van der Waals surface area contributed by atoms with Crippen LogP contribution >= 0.6 is 86.3 Å². The highest BCUT2D eigenvalue weighted by molar-refractivity contribution is 14.1. The van der Waals surface area contributed by atoms with Gasteiger partial charge in [-0.2, -0.15) is 0 Å². The molecule has 0 aliphatic rings. The lowest BCUT2D eigenvalue weighted by atomic mass is 10.1. The predicted octanol–water partition coefficient (Wildman–Crippen LogP) is 7.70. The first-order valence-corrected chi connectivity index (χ1v) is 17.9. The van der Waals surface area contributed by atoms with Crippen molar-refractivity contribution in [2.45, 2.75) is 38.9 Å². The van der Waals surface area contributed by atoms with Gasteiger partial charge in [-0.25, -0.2) is 19.9 Å². The van der Waals surface area contributed by atoms with Crippen LogP contribution in [0, 0.1) is 40.1 Å². The molecule has 0 amide bonds. The predicted molar refractivity (Wildman–Crippen MR) is 222 cm³/mol. The van der Waals surface area contributed by atoms with Crippen LogP contribution in [-0.4, -0.2) is 46.3 Å². The SMILES string of the molecule is Brc1cnc2[nH]ccc2c1.C#CC(C)(C)O.C#Cc1cc(Br)cnc1N.CC(C)(O)C#Cc1cc(Br)cnc1N.Nc1ncc(Br)cc1I. The van der Waals surface area contributed by atoms with Gasteiger partial charge in [-0.15, -0.1) is 12.8 Å². The number of pyridine rings is 4. The Bertz CT molecular complexity index is 1980. The Morgan fingerprint density at radius 3 is 1.61 bits per heavy atom. The summed E-state index contributed by atoms with van der Waals surface area (Å²) < 4.78 is 4.60. The minimum absolute atomic E-state index is 0.366. The first-order valence-electron chi connectivity index (χ1n) is 13.6. The molecule has 0 bridgehead atoms. The van der Waals surface area contributed by atoms with Crippen molar-refractivity contribution < 1.29 is 10.2 Å². The first kappa shape index (κ1) is 43.8. The van der Waals surface area contributed by atoms with Crippen LogP contribution in [0.1, 0.15) is 38.8 Å². The second-order valence-corrected chi connectivity index (χ2v) is 15.2. The minimum Gasteiger partial charge on any atom is -0.383 e. The third-order valence-corrected chi connectivity index (χ3v) is 7.58. The summed E-state index contributed by atoms with van der Waals surface area (Å²) in [5.41, 5.74) is 16.7. The van der Waals surface area contributed by atoms with E-state index in [1.165, 1.54) is 0 Å². The lowest BCUT2D eigenvalue weighted by Crippen LogP contribution is -2.14. The number of fused-ring (bicyclic) bond motifs is 1. The van der Waals surface area contributed by atoms with Crippen molar-refractivity contribution in [3.8, 4) is 36.5 Å². The summed E-state index contributed by atoms with van der Waals surface area (Å²) in [7, 11) is 0. The smallest absolute Gasteiger partial charge is 0.139 e. The molecule has 0 aromatic carbocycles. The number of nitrogens with one attached hydrogen (secondary N) is 1. The Labute approximate surface area is 333 Å². The first-order chi connectivity index (χ1) is 22.7. The largest absolute Gasteiger partial charge is 0.383 e. The van der Waals surface area contributed by atoms with E-state index in [2.05, 4.69) is 135 Å². The number of terminal acetylenes is 2. The lowest BCUT2D eigenvalue weighted by Gasteiger charge is -2.06. The van der Waals surface area contributed by atoms with Crippen LogP contribution in [0.15, 0.2) is 79.2 Å². The number of H-pyrrole nitrogens is 1. The molecule has 15 heteroatoms. The number of rotatable bonds is 0. The van der Waals surface area contributed by atoms with Crippen LogP contribution in [0.2, 0.25) is 0 Å². The summed E-state index contributed by atoms with van der Waals surface area (Å²) >= 11 is 15.2. The van der Waals surface area contributed by atoms with Gasteiger partial charge in [0.25, 0.3) is 0 Å². The maximum absolute atomic E-state index is 9.39. The van der Waals surface area contributed by atoms with E-state index in [4.69, 9.17) is 35.2 Å². The second kappa shape index (κ2) is 21.1. The van der Waals surface area contributed by atoms with Gasteiger partial charge < -0.3 is 32.4 Å². The number of aliphatic hydroxyl groups is 2. The number of nitrogens with zero attached hydrogens (tertiary/aromatic N) is 4. The maximum atomic E-state index is 9.39. The molecule has 0 aliphatic carbocycles. The molecule has 256 valence electrons. The van der Waals surface area contributed by atoms with E-state index in [1.54, 1.807) is 64.6 Å². The van der Waals surface area contributed by atoms with E-state index in [0.29, 0.717) is 28.6 Å². The molecule has 0 unspecified atom stereocenters. The Hall–Kier alpha value is -3.21. The molecule has 9 N–H and O–H groups in total. The molecule has 0 atom stereocenters. The second-order valence-electron chi connectivity index (χ2n) is 10.4. The zero-order valence-electron chi connectivity index (χ0n) is 26.7. The maximum Gasteiger partial charge on any atom is 0.139 e. The fraction of sp³-hybridized carbons (Fsp3) is 0.176. The average molecular weight is 1030 g/mol. The Morgan fingerprint density at radius 1 is 0.714 bits per heavy atom. The minimum atomic E-state index is -1.02. The number of hydrogen-bond donors (Lipinski definition) is 6. The quantitative estimate of drug-likeness (QED) is 0.0668. The Kier molecular flexibility index (Phi) is 18.9. The van der Waals surface area contributed by atoms with Gasteiger partial charge in [0, 0.05) is 54.3 Å².